The van der Waals surface area contributed by atoms with Crippen LogP contribution >= 0.6 is 0 Å². The highest BCUT2D eigenvalue weighted by molar-refractivity contribution is 7.92. The van der Waals surface area contributed by atoms with Crippen LogP contribution in [-0.2, 0) is 14.8 Å². The van der Waals surface area contributed by atoms with Crippen molar-refractivity contribution in [3.8, 4) is 17.1 Å². The molecule has 0 saturated carbocycles. The second-order valence-corrected chi connectivity index (χ2v) is 16.6. The average Bonchev–Trinajstić information content (AvgIpc) is 3.24. The number of likely N-dealkylation sites (tertiary alicyclic amines) is 1. The lowest BCUT2D eigenvalue weighted by Gasteiger charge is -2.34. The fourth-order valence-corrected chi connectivity index (χ4v) is 8.18. The van der Waals surface area contributed by atoms with E-state index in [9.17, 15) is 13.2 Å². The minimum absolute atomic E-state index is 0.00629. The van der Waals surface area contributed by atoms with E-state index in [0.717, 1.165) is 35.1 Å². The van der Waals surface area contributed by atoms with E-state index in [1.165, 1.54) is 0 Å². The predicted molar refractivity (Wildman–Crippen MR) is 180 cm³/mol. The van der Waals surface area contributed by atoms with E-state index in [2.05, 4.69) is 42.4 Å². The maximum Gasteiger partial charge on any atom is 0.410 e. The molecule has 46 heavy (non-hydrogen) atoms. The highest BCUT2D eigenvalue weighted by atomic mass is 32.2. The summed E-state index contributed by atoms with van der Waals surface area (Å²) in [7, 11) is -4.04. The number of carbonyl (C=O) groups excluding carboxylic acids is 1. The van der Waals surface area contributed by atoms with Crippen LogP contribution < -0.4 is 9.46 Å². The molecule has 3 heterocycles. The number of fused-ring (bicyclic) bond motifs is 4. The Morgan fingerprint density at radius 3 is 2.41 bits per heavy atom. The van der Waals surface area contributed by atoms with Gasteiger partial charge in [0.2, 0.25) is 11.8 Å². The Hall–Kier alpha value is -3.66. The maximum absolute atomic E-state index is 13.8. The number of nitrogens with zero attached hydrogens (tertiary/aromatic N) is 3. The van der Waals surface area contributed by atoms with Gasteiger partial charge in [0.1, 0.15) is 5.60 Å². The van der Waals surface area contributed by atoms with Crippen molar-refractivity contribution < 1.29 is 22.7 Å². The van der Waals surface area contributed by atoms with Crippen LogP contribution in [0.1, 0.15) is 83.9 Å². The fourth-order valence-electron chi connectivity index (χ4n) is 7.18. The van der Waals surface area contributed by atoms with Gasteiger partial charge in [-0.05, 0) is 108 Å². The molecule has 9 nitrogen and oxygen atoms in total. The number of benzene rings is 2. The Labute approximate surface area is 274 Å². The van der Waals surface area contributed by atoms with Gasteiger partial charge in [-0.2, -0.15) is 4.98 Å². The summed E-state index contributed by atoms with van der Waals surface area (Å²) in [4.78, 5) is 24.5. The van der Waals surface area contributed by atoms with Gasteiger partial charge in [-0.15, -0.1) is 0 Å². The summed E-state index contributed by atoms with van der Waals surface area (Å²) in [5, 5.41) is 0. The second-order valence-electron chi connectivity index (χ2n) is 15.0. The lowest BCUT2D eigenvalue weighted by molar-refractivity contribution is 0.0129. The minimum Gasteiger partial charge on any atom is -0.477 e. The molecule has 3 aromatic rings. The Bertz CT molecular complexity index is 1690. The molecule has 0 radical (unpaired) electrons. The summed E-state index contributed by atoms with van der Waals surface area (Å²) >= 11 is 0. The SMILES string of the molecule is Cc1cccc(C)c1-c1cc2nc(n1)NS(=O)(=O)c1cccc(c1)C(C1CN(C(=O)OC(C)(C)C)C(C)(C)C1)[C@H](CC(C)C)CO2. The summed E-state index contributed by atoms with van der Waals surface area (Å²) in [6, 6.07) is 15.0. The average molecular weight is 649 g/mol. The van der Waals surface area contributed by atoms with Crippen molar-refractivity contribution >= 4 is 22.1 Å². The van der Waals surface area contributed by atoms with Crippen LogP contribution in [0.15, 0.2) is 53.4 Å². The Balaban J connectivity index is 1.62. The summed E-state index contributed by atoms with van der Waals surface area (Å²) in [6.45, 7) is 19.0. The molecule has 1 fully saturated rings. The molecule has 3 atom stereocenters. The zero-order chi connectivity index (χ0) is 33.6. The summed E-state index contributed by atoms with van der Waals surface area (Å²) in [5.41, 5.74) is 3.38. The first-order valence-corrected chi connectivity index (χ1v) is 17.6. The Kier molecular flexibility index (Phi) is 9.16. The number of anilines is 1. The van der Waals surface area contributed by atoms with Gasteiger partial charge in [0.15, 0.2) is 0 Å². The monoisotopic (exact) mass is 648 g/mol. The topological polar surface area (TPSA) is 111 Å². The van der Waals surface area contributed by atoms with Crippen molar-refractivity contribution in [3.05, 3.63) is 65.2 Å². The van der Waals surface area contributed by atoms with E-state index in [1.54, 1.807) is 24.3 Å². The molecule has 4 bridgehead atoms. The van der Waals surface area contributed by atoms with Gasteiger partial charge in [0.25, 0.3) is 10.0 Å². The third-order valence-electron chi connectivity index (χ3n) is 8.98. The third-order valence-corrected chi connectivity index (χ3v) is 10.3. The fraction of sp³-hybridized carbons (Fsp3) is 0.528. The van der Waals surface area contributed by atoms with E-state index in [0.29, 0.717) is 30.6 Å². The van der Waals surface area contributed by atoms with E-state index < -0.39 is 21.2 Å². The van der Waals surface area contributed by atoms with Crippen molar-refractivity contribution in [2.24, 2.45) is 17.8 Å². The quantitative estimate of drug-likeness (QED) is 0.308. The van der Waals surface area contributed by atoms with Crippen molar-refractivity contribution in [1.29, 1.82) is 0 Å². The zero-order valence-electron chi connectivity index (χ0n) is 28.5. The van der Waals surface area contributed by atoms with Gasteiger partial charge in [0, 0.05) is 29.6 Å². The lowest BCUT2D eigenvalue weighted by atomic mass is 9.72. The molecule has 1 aromatic heterocycles. The highest BCUT2D eigenvalue weighted by Crippen LogP contribution is 2.46. The van der Waals surface area contributed by atoms with Gasteiger partial charge in [-0.3, -0.25) is 0 Å². The van der Waals surface area contributed by atoms with E-state index >= 15 is 0 Å². The van der Waals surface area contributed by atoms with E-state index in [4.69, 9.17) is 9.47 Å². The molecule has 0 spiro atoms. The zero-order valence-corrected chi connectivity index (χ0v) is 29.4. The van der Waals surface area contributed by atoms with Crippen LogP contribution in [0, 0.1) is 31.6 Å². The van der Waals surface area contributed by atoms with Crippen molar-refractivity contribution in [2.45, 2.75) is 97.1 Å². The molecule has 1 amide bonds. The van der Waals surface area contributed by atoms with E-state index in [1.807, 2.05) is 63.8 Å². The number of rotatable bonds is 4. The standard InChI is InChI=1S/C36H48N4O5S/c1-22(2)16-26-21-44-30-18-29(31-23(3)12-10-13-24(31)4)37-33(38-30)39-46(42,43)28-15-11-14-25(17-28)32(26)27-19-36(8,9)40(20-27)34(41)45-35(5,6)7/h10-15,17-18,22,26-27,32H,16,19-21H2,1-9H3,(H,37,38,39)/t26-,27?,32?/m1/s1. The predicted octanol–water partition coefficient (Wildman–Crippen LogP) is 7.74. The van der Waals surface area contributed by atoms with Crippen molar-refractivity contribution in [3.63, 3.8) is 0 Å². The largest absolute Gasteiger partial charge is 0.477 e. The smallest absolute Gasteiger partial charge is 0.410 e. The number of sulfonamides is 1. The van der Waals surface area contributed by atoms with Gasteiger partial charge in [-0.1, -0.05) is 44.2 Å². The first kappa shape index (κ1) is 33.7. The van der Waals surface area contributed by atoms with Crippen LogP contribution in [0.3, 0.4) is 0 Å². The number of hydrogen-bond donors (Lipinski definition) is 1. The molecule has 2 aromatic carbocycles. The first-order chi connectivity index (χ1) is 21.4. The summed E-state index contributed by atoms with van der Waals surface area (Å²) < 4.78 is 42.6. The highest BCUT2D eigenvalue weighted by Gasteiger charge is 2.47. The molecule has 0 aliphatic carbocycles. The summed E-state index contributed by atoms with van der Waals surface area (Å²) in [5.74, 6) is 0.567. The van der Waals surface area contributed by atoms with Gasteiger partial charge in [-0.25, -0.2) is 22.9 Å². The molecular formula is C36H48N4O5S. The molecular weight excluding hydrogens is 600 g/mol. The van der Waals surface area contributed by atoms with Crippen molar-refractivity contribution in [2.75, 3.05) is 17.9 Å². The number of ether oxygens (including phenoxy) is 2. The van der Waals surface area contributed by atoms with Crippen LogP contribution in [0.25, 0.3) is 11.3 Å². The molecule has 1 saturated heterocycles. The molecule has 10 heteroatoms. The molecule has 2 aliphatic rings. The van der Waals surface area contributed by atoms with Crippen LogP contribution in [-0.4, -0.2) is 53.7 Å². The normalized spacial score (nSPS) is 22.3. The van der Waals surface area contributed by atoms with Gasteiger partial charge >= 0.3 is 6.09 Å². The number of nitrogens with one attached hydrogen (secondary N) is 1. The molecule has 1 N–H and O–H groups in total. The number of hydrogen-bond acceptors (Lipinski definition) is 7. The molecule has 5 rings (SSSR count). The number of aryl methyl sites for hydroxylation is 2. The van der Waals surface area contributed by atoms with Crippen LogP contribution in [0.4, 0.5) is 10.7 Å². The van der Waals surface area contributed by atoms with Crippen molar-refractivity contribution in [1.82, 2.24) is 14.9 Å². The first-order valence-electron chi connectivity index (χ1n) is 16.2. The van der Waals surface area contributed by atoms with Gasteiger partial charge < -0.3 is 14.4 Å². The van der Waals surface area contributed by atoms with E-state index in [-0.39, 0.29) is 34.7 Å². The number of amides is 1. The van der Waals surface area contributed by atoms with Gasteiger partial charge in [0.05, 0.1) is 17.2 Å². The maximum atomic E-state index is 13.8. The summed E-state index contributed by atoms with van der Waals surface area (Å²) in [6.07, 6.45) is 1.23. The molecule has 2 unspecified atom stereocenters. The number of carbonyl (C=O) groups is 1. The Morgan fingerprint density at radius 2 is 1.76 bits per heavy atom. The lowest BCUT2D eigenvalue weighted by Crippen LogP contribution is -2.45. The Morgan fingerprint density at radius 1 is 1.09 bits per heavy atom. The second kappa shape index (κ2) is 12.5. The minimum atomic E-state index is -4.04. The number of aromatic nitrogens is 2. The molecule has 248 valence electrons. The third kappa shape index (κ3) is 7.32. The molecule has 2 aliphatic heterocycles. The van der Waals surface area contributed by atoms with Crippen LogP contribution in [0.5, 0.6) is 5.88 Å². The van der Waals surface area contributed by atoms with Crippen LogP contribution in [0.2, 0.25) is 0 Å².